The molecule has 0 saturated carbocycles. The van der Waals surface area contributed by atoms with Crippen molar-refractivity contribution in [2.24, 2.45) is 0 Å². The lowest BCUT2D eigenvalue weighted by Gasteiger charge is -2.21. The van der Waals surface area contributed by atoms with Gasteiger partial charge in [-0.25, -0.2) is 4.79 Å². The number of amides is 1. The molecule has 2 aromatic carbocycles. The molecule has 0 radical (unpaired) electrons. The standard InChI is InChI=1S/C20H25N3O2/c1-15-12-19(14-23(15)13-16-6-4-3-5-7-16)21-17-8-10-18(11-9-17)22-20(24)25-2/h3-11,15,19,21H,12-14H2,1-2H3,(H,22,24). The average molecular weight is 339 g/mol. The summed E-state index contributed by atoms with van der Waals surface area (Å²) >= 11 is 0. The first kappa shape index (κ1) is 17.3. The zero-order valence-corrected chi connectivity index (χ0v) is 14.7. The van der Waals surface area contributed by atoms with Crippen LogP contribution in [0.3, 0.4) is 0 Å². The van der Waals surface area contributed by atoms with Crippen LogP contribution in [0.15, 0.2) is 54.6 Å². The highest BCUT2D eigenvalue weighted by atomic mass is 16.5. The molecule has 132 valence electrons. The van der Waals surface area contributed by atoms with E-state index in [1.54, 1.807) is 0 Å². The van der Waals surface area contributed by atoms with Crippen molar-refractivity contribution < 1.29 is 9.53 Å². The normalized spacial score (nSPS) is 20.2. The van der Waals surface area contributed by atoms with Crippen molar-refractivity contribution >= 4 is 17.5 Å². The highest BCUT2D eigenvalue weighted by Gasteiger charge is 2.28. The van der Waals surface area contributed by atoms with Crippen molar-refractivity contribution in [1.29, 1.82) is 0 Å². The Balaban J connectivity index is 1.54. The maximum atomic E-state index is 11.2. The van der Waals surface area contributed by atoms with E-state index in [9.17, 15) is 4.79 Å². The molecule has 1 aliphatic rings. The van der Waals surface area contributed by atoms with Crippen LogP contribution in [0.1, 0.15) is 18.9 Å². The predicted octanol–water partition coefficient (Wildman–Crippen LogP) is 3.94. The number of likely N-dealkylation sites (tertiary alicyclic amines) is 1. The van der Waals surface area contributed by atoms with Crippen LogP contribution in [0.4, 0.5) is 16.2 Å². The fourth-order valence-corrected chi connectivity index (χ4v) is 3.30. The zero-order valence-electron chi connectivity index (χ0n) is 14.7. The van der Waals surface area contributed by atoms with Gasteiger partial charge in [-0.3, -0.25) is 10.2 Å². The maximum Gasteiger partial charge on any atom is 0.411 e. The van der Waals surface area contributed by atoms with Gasteiger partial charge >= 0.3 is 6.09 Å². The zero-order chi connectivity index (χ0) is 17.6. The first-order valence-electron chi connectivity index (χ1n) is 8.63. The van der Waals surface area contributed by atoms with Crippen molar-refractivity contribution in [3.05, 3.63) is 60.2 Å². The fourth-order valence-electron chi connectivity index (χ4n) is 3.30. The van der Waals surface area contributed by atoms with Crippen molar-refractivity contribution in [3.63, 3.8) is 0 Å². The van der Waals surface area contributed by atoms with E-state index in [0.717, 1.165) is 30.9 Å². The van der Waals surface area contributed by atoms with E-state index in [1.165, 1.54) is 12.7 Å². The molecule has 1 aliphatic heterocycles. The molecule has 25 heavy (non-hydrogen) atoms. The number of hydrogen-bond donors (Lipinski definition) is 2. The largest absolute Gasteiger partial charge is 0.453 e. The number of carbonyl (C=O) groups is 1. The van der Waals surface area contributed by atoms with Crippen LogP contribution in [0.5, 0.6) is 0 Å². The second kappa shape index (κ2) is 8.03. The molecule has 0 aliphatic carbocycles. The minimum absolute atomic E-state index is 0.429. The highest BCUT2D eigenvalue weighted by molar-refractivity contribution is 5.84. The van der Waals surface area contributed by atoms with Crippen molar-refractivity contribution in [2.75, 3.05) is 24.3 Å². The third-order valence-corrected chi connectivity index (χ3v) is 4.62. The third kappa shape index (κ3) is 4.73. The first-order valence-corrected chi connectivity index (χ1v) is 8.63. The predicted molar refractivity (Wildman–Crippen MR) is 101 cm³/mol. The summed E-state index contributed by atoms with van der Waals surface area (Å²) in [6.45, 7) is 4.30. The average Bonchev–Trinajstić information content (AvgIpc) is 2.96. The van der Waals surface area contributed by atoms with Gasteiger partial charge in [-0.2, -0.15) is 0 Å². The van der Waals surface area contributed by atoms with Crippen LogP contribution >= 0.6 is 0 Å². The second-order valence-electron chi connectivity index (χ2n) is 6.53. The molecule has 5 heteroatoms. The maximum absolute atomic E-state index is 11.2. The van der Waals surface area contributed by atoms with E-state index in [4.69, 9.17) is 0 Å². The summed E-state index contributed by atoms with van der Waals surface area (Å²) in [5, 5.41) is 6.25. The van der Waals surface area contributed by atoms with Gasteiger partial charge in [0.25, 0.3) is 0 Å². The molecule has 0 aromatic heterocycles. The third-order valence-electron chi connectivity index (χ3n) is 4.62. The lowest BCUT2D eigenvalue weighted by Crippen LogP contribution is -2.28. The molecule has 3 rings (SSSR count). The smallest absolute Gasteiger partial charge is 0.411 e. The van der Waals surface area contributed by atoms with Crippen LogP contribution in [0.25, 0.3) is 0 Å². The highest BCUT2D eigenvalue weighted by Crippen LogP contribution is 2.24. The first-order chi connectivity index (χ1) is 12.1. The van der Waals surface area contributed by atoms with Gasteiger partial charge in [0.2, 0.25) is 0 Å². The Morgan fingerprint density at radius 2 is 1.80 bits per heavy atom. The van der Waals surface area contributed by atoms with Gasteiger partial charge < -0.3 is 10.1 Å². The molecule has 2 unspecified atom stereocenters. The van der Waals surface area contributed by atoms with Gasteiger partial charge in [-0.15, -0.1) is 0 Å². The summed E-state index contributed by atoms with van der Waals surface area (Å²) in [4.78, 5) is 13.7. The number of ether oxygens (including phenoxy) is 1. The Morgan fingerprint density at radius 1 is 1.12 bits per heavy atom. The molecule has 0 spiro atoms. The second-order valence-corrected chi connectivity index (χ2v) is 6.53. The van der Waals surface area contributed by atoms with Crippen LogP contribution in [-0.4, -0.2) is 36.7 Å². The molecule has 1 amide bonds. The molecule has 2 atom stereocenters. The van der Waals surface area contributed by atoms with E-state index >= 15 is 0 Å². The van der Waals surface area contributed by atoms with Crippen LogP contribution in [0, 0.1) is 0 Å². The number of methoxy groups -OCH3 is 1. The number of carbonyl (C=O) groups excluding carboxylic acids is 1. The summed E-state index contributed by atoms with van der Waals surface area (Å²) in [5.41, 5.74) is 3.14. The van der Waals surface area contributed by atoms with E-state index in [1.807, 2.05) is 24.3 Å². The Hall–Kier alpha value is -2.53. The van der Waals surface area contributed by atoms with Gasteiger partial charge in [0.1, 0.15) is 0 Å². The molecule has 0 bridgehead atoms. The van der Waals surface area contributed by atoms with Crippen molar-refractivity contribution in [3.8, 4) is 0 Å². The number of hydrogen-bond acceptors (Lipinski definition) is 4. The monoisotopic (exact) mass is 339 g/mol. The van der Waals surface area contributed by atoms with Gasteiger partial charge in [0, 0.05) is 36.5 Å². The minimum atomic E-state index is -0.457. The summed E-state index contributed by atoms with van der Waals surface area (Å²) in [6, 6.07) is 19.3. The molecule has 5 nitrogen and oxygen atoms in total. The van der Waals surface area contributed by atoms with E-state index in [2.05, 4.69) is 57.5 Å². The summed E-state index contributed by atoms with van der Waals surface area (Å²) in [7, 11) is 1.35. The van der Waals surface area contributed by atoms with Gasteiger partial charge in [0.05, 0.1) is 7.11 Å². The molecular weight excluding hydrogens is 314 g/mol. The quantitative estimate of drug-likeness (QED) is 0.866. The van der Waals surface area contributed by atoms with Crippen molar-refractivity contribution in [2.45, 2.75) is 32.0 Å². The molecule has 1 heterocycles. The fraction of sp³-hybridized carbons (Fsp3) is 0.350. The Labute approximate surface area is 149 Å². The molecule has 1 fully saturated rings. The Morgan fingerprint density at radius 3 is 2.48 bits per heavy atom. The molecule has 1 saturated heterocycles. The minimum Gasteiger partial charge on any atom is -0.453 e. The number of anilines is 2. The topological polar surface area (TPSA) is 53.6 Å². The van der Waals surface area contributed by atoms with E-state index in [-0.39, 0.29) is 0 Å². The van der Waals surface area contributed by atoms with Crippen LogP contribution in [0.2, 0.25) is 0 Å². The van der Waals surface area contributed by atoms with E-state index in [0.29, 0.717) is 12.1 Å². The SMILES string of the molecule is COC(=O)Nc1ccc(NC2CC(C)N(Cc3ccccc3)C2)cc1. The lowest BCUT2D eigenvalue weighted by atomic mass is 10.1. The summed E-state index contributed by atoms with van der Waals surface area (Å²) in [6.07, 6.45) is 0.663. The van der Waals surface area contributed by atoms with Gasteiger partial charge in [-0.05, 0) is 43.2 Å². The van der Waals surface area contributed by atoms with Gasteiger partial charge in [0.15, 0.2) is 0 Å². The Bertz CT molecular complexity index is 688. The van der Waals surface area contributed by atoms with Crippen LogP contribution in [-0.2, 0) is 11.3 Å². The number of rotatable bonds is 5. The summed E-state index contributed by atoms with van der Waals surface area (Å²) in [5.74, 6) is 0. The van der Waals surface area contributed by atoms with Crippen LogP contribution < -0.4 is 10.6 Å². The molecule has 2 N–H and O–H groups in total. The molecular formula is C20H25N3O2. The van der Waals surface area contributed by atoms with Gasteiger partial charge in [-0.1, -0.05) is 30.3 Å². The molecule has 2 aromatic rings. The lowest BCUT2D eigenvalue weighted by molar-refractivity contribution is 0.187. The number of nitrogens with zero attached hydrogens (tertiary/aromatic N) is 1. The Kier molecular flexibility index (Phi) is 5.56. The number of benzene rings is 2. The van der Waals surface area contributed by atoms with E-state index < -0.39 is 6.09 Å². The van der Waals surface area contributed by atoms with Crippen molar-refractivity contribution in [1.82, 2.24) is 4.90 Å². The number of nitrogens with one attached hydrogen (secondary N) is 2. The summed E-state index contributed by atoms with van der Waals surface area (Å²) < 4.78 is 4.59.